The van der Waals surface area contributed by atoms with Crippen molar-refractivity contribution in [3.05, 3.63) is 53.6 Å². The van der Waals surface area contributed by atoms with Crippen LogP contribution in [-0.2, 0) is 23.0 Å². The number of alkyl halides is 3. The van der Waals surface area contributed by atoms with Crippen LogP contribution >= 0.6 is 0 Å². The molecule has 140 valence electrons. The minimum Gasteiger partial charge on any atom is -0.404 e. The van der Waals surface area contributed by atoms with Crippen LogP contribution in [0.4, 0.5) is 18.9 Å². The summed E-state index contributed by atoms with van der Waals surface area (Å²) in [5.41, 5.74) is 2.37. The lowest BCUT2D eigenvalue weighted by atomic mass is 10.0. The lowest BCUT2D eigenvalue weighted by molar-refractivity contribution is -0.275. The molecule has 3 rings (SSSR count). The van der Waals surface area contributed by atoms with Crippen molar-refractivity contribution in [2.45, 2.75) is 30.6 Å². The van der Waals surface area contributed by atoms with Crippen molar-refractivity contribution in [3.8, 4) is 5.75 Å². The fraction of sp³-hybridized carbons (Fsp3) is 0.294. The summed E-state index contributed by atoms with van der Waals surface area (Å²) in [5, 5.41) is 3.24. The van der Waals surface area contributed by atoms with E-state index >= 15 is 0 Å². The van der Waals surface area contributed by atoms with Gasteiger partial charge in [0.05, 0.1) is 0 Å². The molecule has 0 atom stereocenters. The molecule has 2 aromatic rings. The molecule has 1 heterocycles. The Hall–Kier alpha value is -2.26. The first-order valence-electron chi connectivity index (χ1n) is 7.95. The van der Waals surface area contributed by atoms with Gasteiger partial charge in [-0.1, -0.05) is 18.2 Å². The Morgan fingerprint density at radius 1 is 1.08 bits per heavy atom. The van der Waals surface area contributed by atoms with Gasteiger partial charge in [0.2, 0.25) is 0 Å². The number of hydrogen-bond acceptors (Lipinski definition) is 4. The molecular formula is C17H17F3N2O3S. The van der Waals surface area contributed by atoms with Crippen molar-refractivity contribution in [1.29, 1.82) is 0 Å². The van der Waals surface area contributed by atoms with Crippen molar-refractivity contribution >= 4 is 15.7 Å². The zero-order valence-corrected chi connectivity index (χ0v) is 14.5. The second-order valence-corrected chi connectivity index (χ2v) is 7.51. The Kier molecular flexibility index (Phi) is 5.10. The van der Waals surface area contributed by atoms with Crippen LogP contribution in [0.15, 0.2) is 47.4 Å². The number of ether oxygens (including phenoxy) is 1. The summed E-state index contributed by atoms with van der Waals surface area (Å²) in [4.78, 5) is -0.578. The molecule has 2 N–H and O–H groups in total. The van der Waals surface area contributed by atoms with Crippen LogP contribution in [0.2, 0.25) is 0 Å². The summed E-state index contributed by atoms with van der Waals surface area (Å²) < 4.78 is 68.9. The fourth-order valence-corrected chi connectivity index (χ4v) is 4.00. The Balaban J connectivity index is 1.89. The molecule has 26 heavy (non-hydrogen) atoms. The molecule has 1 aliphatic heterocycles. The van der Waals surface area contributed by atoms with Gasteiger partial charge in [-0.15, -0.1) is 13.2 Å². The molecule has 0 saturated carbocycles. The number of sulfonamides is 1. The van der Waals surface area contributed by atoms with Crippen LogP contribution < -0.4 is 14.8 Å². The highest BCUT2D eigenvalue weighted by atomic mass is 32.2. The minimum absolute atomic E-state index is 0.286. The molecule has 9 heteroatoms. The summed E-state index contributed by atoms with van der Waals surface area (Å²) in [6, 6.07) is 9.76. The molecule has 0 fully saturated rings. The van der Waals surface area contributed by atoms with Crippen molar-refractivity contribution in [1.82, 2.24) is 5.32 Å². The fourth-order valence-electron chi connectivity index (χ4n) is 2.82. The smallest absolute Gasteiger partial charge is 0.404 e. The van der Waals surface area contributed by atoms with Gasteiger partial charge in [-0.3, -0.25) is 4.72 Å². The van der Waals surface area contributed by atoms with Gasteiger partial charge in [0.1, 0.15) is 10.6 Å². The number of halogens is 3. The van der Waals surface area contributed by atoms with E-state index in [0.717, 1.165) is 42.6 Å². The maximum absolute atomic E-state index is 12.6. The summed E-state index contributed by atoms with van der Waals surface area (Å²) in [6.07, 6.45) is -3.11. The van der Waals surface area contributed by atoms with Crippen molar-refractivity contribution in [2.24, 2.45) is 0 Å². The third kappa shape index (κ3) is 4.47. The Morgan fingerprint density at radius 3 is 2.62 bits per heavy atom. The second kappa shape index (κ2) is 7.16. The van der Waals surface area contributed by atoms with E-state index in [9.17, 15) is 21.6 Å². The highest BCUT2D eigenvalue weighted by Gasteiger charge is 2.34. The average molecular weight is 386 g/mol. The average Bonchev–Trinajstić information content (AvgIpc) is 2.78. The molecule has 0 bridgehead atoms. The number of anilines is 1. The lowest BCUT2D eigenvalue weighted by Crippen LogP contribution is -2.21. The standard InChI is InChI=1S/C17H17F3N2O3S/c18-17(19,20)25-15-5-1-2-6-16(15)26(23,24)22-14-8-7-12-4-3-9-21-11-13(12)10-14/h1-2,5-8,10,21-22H,3-4,9,11H2. The van der Waals surface area contributed by atoms with Crippen LogP contribution in [0.25, 0.3) is 0 Å². The molecule has 0 aromatic heterocycles. The first-order chi connectivity index (χ1) is 12.2. The molecule has 1 aliphatic rings. The summed E-state index contributed by atoms with van der Waals surface area (Å²) in [5.74, 6) is -0.774. The molecule has 2 aromatic carbocycles. The lowest BCUT2D eigenvalue weighted by Gasteiger charge is -2.15. The molecule has 0 radical (unpaired) electrons. The van der Waals surface area contributed by atoms with Gasteiger partial charge < -0.3 is 10.1 Å². The summed E-state index contributed by atoms with van der Waals surface area (Å²) >= 11 is 0. The highest BCUT2D eigenvalue weighted by molar-refractivity contribution is 7.92. The van der Waals surface area contributed by atoms with Crippen LogP contribution in [0, 0.1) is 0 Å². The van der Waals surface area contributed by atoms with Crippen molar-refractivity contribution in [3.63, 3.8) is 0 Å². The number of benzene rings is 2. The van der Waals surface area contributed by atoms with Crippen LogP contribution in [0.5, 0.6) is 5.75 Å². The number of hydrogen-bond donors (Lipinski definition) is 2. The van der Waals surface area contributed by atoms with Crippen LogP contribution in [0.3, 0.4) is 0 Å². The SMILES string of the molecule is O=S(=O)(Nc1ccc2c(c1)CNCCC2)c1ccccc1OC(F)(F)F. The summed E-state index contributed by atoms with van der Waals surface area (Å²) in [7, 11) is -4.25. The molecule has 5 nitrogen and oxygen atoms in total. The third-order valence-electron chi connectivity index (χ3n) is 3.94. The monoisotopic (exact) mass is 386 g/mol. The Bertz CT molecular complexity index is 898. The van der Waals surface area contributed by atoms with Gasteiger partial charge in [-0.2, -0.15) is 0 Å². The van der Waals surface area contributed by atoms with Gasteiger partial charge >= 0.3 is 6.36 Å². The quantitative estimate of drug-likeness (QED) is 0.845. The number of fused-ring (bicyclic) bond motifs is 1. The molecule has 0 saturated heterocycles. The Morgan fingerprint density at radius 2 is 1.85 bits per heavy atom. The first kappa shape index (κ1) is 18.5. The highest BCUT2D eigenvalue weighted by Crippen LogP contribution is 2.31. The molecule has 0 aliphatic carbocycles. The van der Waals surface area contributed by atoms with Gasteiger partial charge in [0.25, 0.3) is 10.0 Å². The maximum atomic E-state index is 12.6. The van der Waals surface area contributed by atoms with Crippen molar-refractivity contribution in [2.75, 3.05) is 11.3 Å². The maximum Gasteiger partial charge on any atom is 0.573 e. The van der Waals surface area contributed by atoms with E-state index in [1.807, 2.05) is 6.07 Å². The van der Waals surface area contributed by atoms with Crippen LogP contribution in [-0.4, -0.2) is 21.3 Å². The number of aryl methyl sites for hydroxylation is 1. The number of para-hydroxylation sites is 1. The summed E-state index contributed by atoms with van der Waals surface area (Å²) in [6.45, 7) is 1.48. The molecule has 0 unspecified atom stereocenters. The van der Waals surface area contributed by atoms with E-state index in [1.54, 1.807) is 12.1 Å². The van der Waals surface area contributed by atoms with E-state index in [-0.39, 0.29) is 5.69 Å². The van der Waals surface area contributed by atoms with Crippen LogP contribution in [0.1, 0.15) is 17.5 Å². The van der Waals surface area contributed by atoms with E-state index in [0.29, 0.717) is 6.54 Å². The van der Waals surface area contributed by atoms with E-state index in [1.165, 1.54) is 12.1 Å². The second-order valence-electron chi connectivity index (χ2n) is 5.86. The molecular weight excluding hydrogens is 369 g/mol. The van der Waals surface area contributed by atoms with Gasteiger partial charge in [-0.05, 0) is 54.8 Å². The van der Waals surface area contributed by atoms with Crippen molar-refractivity contribution < 1.29 is 26.3 Å². The van der Waals surface area contributed by atoms with E-state index in [4.69, 9.17) is 0 Å². The number of nitrogens with one attached hydrogen (secondary N) is 2. The minimum atomic E-state index is -4.98. The first-order valence-corrected chi connectivity index (χ1v) is 9.43. The topological polar surface area (TPSA) is 67.4 Å². The zero-order chi connectivity index (χ0) is 18.8. The third-order valence-corrected chi connectivity index (χ3v) is 5.36. The van der Waals surface area contributed by atoms with Gasteiger partial charge in [0.15, 0.2) is 0 Å². The molecule has 0 amide bonds. The molecule has 0 spiro atoms. The normalized spacial score (nSPS) is 15.0. The van der Waals surface area contributed by atoms with Gasteiger partial charge in [0, 0.05) is 12.2 Å². The zero-order valence-electron chi connectivity index (χ0n) is 13.6. The van der Waals surface area contributed by atoms with E-state index in [2.05, 4.69) is 14.8 Å². The van der Waals surface area contributed by atoms with Gasteiger partial charge in [-0.25, -0.2) is 8.42 Å². The predicted octanol–water partition coefficient (Wildman–Crippen LogP) is 3.42. The number of rotatable bonds is 4. The largest absolute Gasteiger partial charge is 0.573 e. The van der Waals surface area contributed by atoms with E-state index < -0.39 is 27.0 Å². The predicted molar refractivity (Wildman–Crippen MR) is 90.4 cm³/mol. The Labute approximate surface area is 149 Å².